The van der Waals surface area contributed by atoms with Gasteiger partial charge in [-0.05, 0) is 50.6 Å². The smallest absolute Gasteiger partial charge is 0.0991 e. The average Bonchev–Trinajstić information content (AvgIpc) is 2.42. The molecule has 0 saturated carbocycles. The van der Waals surface area contributed by atoms with Gasteiger partial charge in [-0.2, -0.15) is 5.26 Å². The van der Waals surface area contributed by atoms with Gasteiger partial charge >= 0.3 is 0 Å². The Morgan fingerprint density at radius 3 is 2.68 bits per heavy atom. The lowest BCUT2D eigenvalue weighted by molar-refractivity contribution is 0.877. The van der Waals surface area contributed by atoms with Gasteiger partial charge in [0.2, 0.25) is 0 Å². The molecular weight excluding hydrogens is 234 g/mol. The van der Waals surface area contributed by atoms with Crippen LogP contribution in [0.5, 0.6) is 0 Å². The van der Waals surface area contributed by atoms with Crippen LogP contribution in [-0.2, 0) is 0 Å². The Balaban J connectivity index is 2.20. The zero-order valence-electron chi connectivity index (χ0n) is 11.4. The van der Waals surface area contributed by atoms with Crippen molar-refractivity contribution in [3.8, 4) is 6.07 Å². The topological polar surface area (TPSA) is 48.7 Å². The summed E-state index contributed by atoms with van der Waals surface area (Å²) in [6.45, 7) is 6.06. The van der Waals surface area contributed by atoms with Crippen molar-refractivity contribution < 1.29 is 0 Å². The van der Waals surface area contributed by atoms with Crippen LogP contribution in [0.4, 0.5) is 5.69 Å². The van der Waals surface area contributed by atoms with Crippen LogP contribution >= 0.6 is 0 Å². The third-order valence-electron chi connectivity index (χ3n) is 3.11. The maximum Gasteiger partial charge on any atom is 0.0991 e. The molecular formula is C16H17N3. The zero-order chi connectivity index (χ0) is 13.8. The molecule has 19 heavy (non-hydrogen) atoms. The fourth-order valence-corrected chi connectivity index (χ4v) is 2.03. The fourth-order valence-electron chi connectivity index (χ4n) is 2.03. The Hall–Kier alpha value is -2.34. The molecule has 0 aliphatic rings. The number of pyridine rings is 1. The first-order chi connectivity index (χ1) is 9.10. The van der Waals surface area contributed by atoms with E-state index in [1.165, 1.54) is 0 Å². The van der Waals surface area contributed by atoms with Crippen LogP contribution in [-0.4, -0.2) is 4.98 Å². The van der Waals surface area contributed by atoms with Crippen LogP contribution in [0.1, 0.15) is 35.5 Å². The Bertz CT molecular complexity index is 626. The molecule has 3 nitrogen and oxygen atoms in total. The SMILES string of the molecule is Cc1ccc(NC(C)c2cccc(C#N)c2)c(C)n1. The minimum absolute atomic E-state index is 0.136. The van der Waals surface area contributed by atoms with E-state index in [2.05, 4.69) is 23.3 Å². The third kappa shape index (κ3) is 3.11. The number of aryl methyl sites for hydroxylation is 2. The Labute approximate surface area is 113 Å². The van der Waals surface area contributed by atoms with Gasteiger partial charge in [0.05, 0.1) is 23.0 Å². The lowest BCUT2D eigenvalue weighted by Crippen LogP contribution is -2.08. The van der Waals surface area contributed by atoms with Gasteiger partial charge in [-0.1, -0.05) is 12.1 Å². The lowest BCUT2D eigenvalue weighted by atomic mass is 10.1. The van der Waals surface area contributed by atoms with Gasteiger partial charge in [-0.3, -0.25) is 4.98 Å². The predicted molar refractivity (Wildman–Crippen MR) is 76.9 cm³/mol. The molecule has 3 heteroatoms. The van der Waals surface area contributed by atoms with Crippen molar-refractivity contribution in [1.82, 2.24) is 4.98 Å². The van der Waals surface area contributed by atoms with Crippen LogP contribution in [0, 0.1) is 25.2 Å². The number of benzene rings is 1. The monoisotopic (exact) mass is 251 g/mol. The van der Waals surface area contributed by atoms with Crippen molar-refractivity contribution in [3.05, 3.63) is 58.9 Å². The maximum absolute atomic E-state index is 8.93. The molecule has 0 saturated heterocycles. The molecule has 1 aromatic heterocycles. The van der Waals surface area contributed by atoms with E-state index in [4.69, 9.17) is 5.26 Å². The maximum atomic E-state index is 8.93. The van der Waals surface area contributed by atoms with Crippen molar-refractivity contribution in [1.29, 1.82) is 5.26 Å². The van der Waals surface area contributed by atoms with E-state index in [0.717, 1.165) is 22.6 Å². The van der Waals surface area contributed by atoms with Gasteiger partial charge in [0.25, 0.3) is 0 Å². The summed E-state index contributed by atoms with van der Waals surface area (Å²) in [5.74, 6) is 0. The fraction of sp³-hybridized carbons (Fsp3) is 0.250. The molecule has 0 bridgehead atoms. The minimum atomic E-state index is 0.136. The number of anilines is 1. The minimum Gasteiger partial charge on any atom is -0.377 e. The van der Waals surface area contributed by atoms with Gasteiger partial charge in [0.15, 0.2) is 0 Å². The molecule has 0 aliphatic heterocycles. The van der Waals surface area contributed by atoms with Crippen molar-refractivity contribution in [2.45, 2.75) is 26.8 Å². The first-order valence-electron chi connectivity index (χ1n) is 6.31. The van der Waals surface area contributed by atoms with E-state index >= 15 is 0 Å². The second kappa shape index (κ2) is 5.53. The summed E-state index contributed by atoms with van der Waals surface area (Å²) in [5, 5.41) is 12.4. The quantitative estimate of drug-likeness (QED) is 0.904. The molecule has 0 radical (unpaired) electrons. The summed E-state index contributed by atoms with van der Waals surface area (Å²) >= 11 is 0. The van der Waals surface area contributed by atoms with Crippen LogP contribution in [0.3, 0.4) is 0 Å². The molecule has 0 fully saturated rings. The first-order valence-corrected chi connectivity index (χ1v) is 6.31. The van der Waals surface area contributed by atoms with Gasteiger partial charge in [0.1, 0.15) is 0 Å². The molecule has 1 aromatic carbocycles. The van der Waals surface area contributed by atoms with Crippen molar-refractivity contribution in [2.24, 2.45) is 0 Å². The van der Waals surface area contributed by atoms with Crippen LogP contribution < -0.4 is 5.32 Å². The van der Waals surface area contributed by atoms with Gasteiger partial charge in [-0.25, -0.2) is 0 Å². The number of aromatic nitrogens is 1. The van der Waals surface area contributed by atoms with E-state index in [1.807, 2.05) is 50.2 Å². The molecule has 0 aliphatic carbocycles. The van der Waals surface area contributed by atoms with E-state index < -0.39 is 0 Å². The highest BCUT2D eigenvalue weighted by atomic mass is 14.9. The largest absolute Gasteiger partial charge is 0.377 e. The van der Waals surface area contributed by atoms with E-state index in [-0.39, 0.29) is 6.04 Å². The lowest BCUT2D eigenvalue weighted by Gasteiger charge is -2.17. The van der Waals surface area contributed by atoms with E-state index in [9.17, 15) is 0 Å². The van der Waals surface area contributed by atoms with Crippen LogP contribution in [0.2, 0.25) is 0 Å². The second-order valence-corrected chi connectivity index (χ2v) is 4.69. The second-order valence-electron chi connectivity index (χ2n) is 4.69. The Morgan fingerprint density at radius 1 is 1.21 bits per heavy atom. The summed E-state index contributed by atoms with van der Waals surface area (Å²) in [5.41, 5.74) is 4.81. The van der Waals surface area contributed by atoms with Crippen molar-refractivity contribution >= 4 is 5.69 Å². The normalized spacial score (nSPS) is 11.7. The summed E-state index contributed by atoms with van der Waals surface area (Å²) < 4.78 is 0. The summed E-state index contributed by atoms with van der Waals surface area (Å²) in [4.78, 5) is 4.44. The number of hydrogen-bond acceptors (Lipinski definition) is 3. The summed E-state index contributed by atoms with van der Waals surface area (Å²) in [6, 6.07) is 14.0. The molecule has 96 valence electrons. The molecule has 0 spiro atoms. The highest BCUT2D eigenvalue weighted by molar-refractivity contribution is 5.50. The summed E-state index contributed by atoms with van der Waals surface area (Å²) in [6.07, 6.45) is 0. The van der Waals surface area contributed by atoms with Crippen molar-refractivity contribution in [2.75, 3.05) is 5.32 Å². The predicted octanol–water partition coefficient (Wildman–Crippen LogP) is 3.74. The summed E-state index contributed by atoms with van der Waals surface area (Å²) in [7, 11) is 0. The number of nitriles is 1. The van der Waals surface area contributed by atoms with Gasteiger partial charge in [-0.15, -0.1) is 0 Å². The van der Waals surface area contributed by atoms with Gasteiger partial charge in [0, 0.05) is 11.7 Å². The number of rotatable bonds is 3. The number of nitrogens with zero attached hydrogens (tertiary/aromatic N) is 2. The standard InChI is InChI=1S/C16H17N3/c1-11-7-8-16(13(3)18-11)19-12(2)15-6-4-5-14(9-15)10-17/h4-9,12,19H,1-3H3. The highest BCUT2D eigenvalue weighted by Crippen LogP contribution is 2.21. The highest BCUT2D eigenvalue weighted by Gasteiger charge is 2.08. The molecule has 1 atom stereocenters. The van der Waals surface area contributed by atoms with E-state index in [1.54, 1.807) is 0 Å². The van der Waals surface area contributed by atoms with Crippen molar-refractivity contribution in [3.63, 3.8) is 0 Å². The van der Waals surface area contributed by atoms with Crippen LogP contribution in [0.25, 0.3) is 0 Å². The molecule has 2 aromatic rings. The molecule has 1 unspecified atom stereocenters. The molecule has 0 amide bonds. The first kappa shape index (κ1) is 13.1. The number of hydrogen-bond donors (Lipinski definition) is 1. The Kier molecular flexibility index (Phi) is 3.82. The Morgan fingerprint density at radius 2 is 2.00 bits per heavy atom. The third-order valence-corrected chi connectivity index (χ3v) is 3.11. The number of nitrogens with one attached hydrogen (secondary N) is 1. The molecule has 1 N–H and O–H groups in total. The zero-order valence-corrected chi connectivity index (χ0v) is 11.4. The van der Waals surface area contributed by atoms with E-state index in [0.29, 0.717) is 5.56 Å². The average molecular weight is 251 g/mol. The van der Waals surface area contributed by atoms with Crippen LogP contribution in [0.15, 0.2) is 36.4 Å². The molecule has 2 rings (SSSR count). The molecule has 1 heterocycles. The van der Waals surface area contributed by atoms with Gasteiger partial charge < -0.3 is 5.32 Å².